The van der Waals surface area contributed by atoms with Gasteiger partial charge in [-0.3, -0.25) is 9.48 Å². The highest BCUT2D eigenvalue weighted by molar-refractivity contribution is 5.95. The fourth-order valence-electron chi connectivity index (χ4n) is 1.59. The van der Waals surface area contributed by atoms with Crippen LogP contribution in [0.2, 0.25) is 0 Å². The lowest BCUT2D eigenvalue weighted by Crippen LogP contribution is -2.10. The molecule has 0 saturated carbocycles. The van der Waals surface area contributed by atoms with Gasteiger partial charge in [-0.15, -0.1) is 0 Å². The molecule has 0 N–H and O–H groups in total. The van der Waals surface area contributed by atoms with Gasteiger partial charge in [0.05, 0.1) is 6.61 Å². The summed E-state index contributed by atoms with van der Waals surface area (Å²) in [5.74, 6) is 0.841. The molecule has 0 spiro atoms. The van der Waals surface area contributed by atoms with E-state index in [4.69, 9.17) is 4.74 Å². The molecule has 1 heterocycles. The Hall–Kier alpha value is -2.10. The Bertz CT molecular complexity index is 489. The second-order valence-electron chi connectivity index (χ2n) is 4.00. The van der Waals surface area contributed by atoms with Gasteiger partial charge in [-0.25, -0.2) is 0 Å². The summed E-state index contributed by atoms with van der Waals surface area (Å²) < 4.78 is 7.08. The predicted molar refractivity (Wildman–Crippen MR) is 68.8 cm³/mol. The Morgan fingerprint density at radius 2 is 2.11 bits per heavy atom. The van der Waals surface area contributed by atoms with E-state index in [9.17, 15) is 4.79 Å². The van der Waals surface area contributed by atoms with Crippen LogP contribution in [-0.4, -0.2) is 22.2 Å². The molecule has 0 radical (unpaired) electrons. The van der Waals surface area contributed by atoms with Crippen molar-refractivity contribution in [2.45, 2.75) is 19.9 Å². The van der Waals surface area contributed by atoms with E-state index in [1.807, 2.05) is 12.1 Å². The van der Waals surface area contributed by atoms with Crippen molar-refractivity contribution in [1.82, 2.24) is 9.78 Å². The molecule has 0 fully saturated rings. The fourth-order valence-corrected chi connectivity index (χ4v) is 1.59. The molecule has 0 saturated heterocycles. The molecule has 2 rings (SSSR count). The summed E-state index contributed by atoms with van der Waals surface area (Å²) >= 11 is 0. The molecule has 1 aromatic carbocycles. The summed E-state index contributed by atoms with van der Waals surface area (Å²) in [5, 5.41) is 4.01. The van der Waals surface area contributed by atoms with Gasteiger partial charge in [-0.05, 0) is 36.8 Å². The molecule has 2 aromatic rings. The van der Waals surface area contributed by atoms with Crippen LogP contribution in [0, 0.1) is 0 Å². The van der Waals surface area contributed by atoms with Crippen LogP contribution in [0.3, 0.4) is 0 Å². The van der Waals surface area contributed by atoms with Gasteiger partial charge in [0.15, 0.2) is 5.78 Å². The lowest BCUT2D eigenvalue weighted by atomic mass is 10.1. The van der Waals surface area contributed by atoms with E-state index in [1.165, 1.54) is 0 Å². The summed E-state index contributed by atoms with van der Waals surface area (Å²) in [5.41, 5.74) is 0.675. The van der Waals surface area contributed by atoms with Gasteiger partial charge in [-0.1, -0.05) is 6.92 Å². The van der Waals surface area contributed by atoms with Crippen LogP contribution in [0.25, 0.3) is 0 Å². The maximum absolute atomic E-state index is 11.9. The van der Waals surface area contributed by atoms with E-state index in [2.05, 4.69) is 12.0 Å². The van der Waals surface area contributed by atoms with Crippen molar-refractivity contribution in [3.8, 4) is 5.75 Å². The molecule has 0 unspecified atom stereocenters. The van der Waals surface area contributed by atoms with Gasteiger partial charge in [-0.2, -0.15) is 5.10 Å². The fraction of sp³-hybridized carbons (Fsp3) is 0.286. The topological polar surface area (TPSA) is 44.1 Å². The summed E-state index contributed by atoms with van der Waals surface area (Å²) in [7, 11) is 0. The number of benzene rings is 1. The minimum atomic E-state index is 0.0424. The predicted octanol–water partition coefficient (Wildman–Crippen LogP) is 2.55. The van der Waals surface area contributed by atoms with E-state index in [0.29, 0.717) is 12.2 Å². The van der Waals surface area contributed by atoms with Crippen LogP contribution in [0.5, 0.6) is 5.75 Å². The van der Waals surface area contributed by atoms with Crippen LogP contribution < -0.4 is 4.74 Å². The minimum Gasteiger partial charge on any atom is -0.494 e. The molecule has 18 heavy (non-hydrogen) atoms. The van der Waals surface area contributed by atoms with Gasteiger partial charge in [0.25, 0.3) is 0 Å². The summed E-state index contributed by atoms with van der Waals surface area (Å²) in [4.78, 5) is 11.9. The van der Waals surface area contributed by atoms with Crippen LogP contribution in [0.15, 0.2) is 42.7 Å². The van der Waals surface area contributed by atoms with Gasteiger partial charge >= 0.3 is 0 Å². The number of ether oxygens (including phenoxy) is 1. The van der Waals surface area contributed by atoms with Crippen molar-refractivity contribution in [3.05, 3.63) is 48.3 Å². The second-order valence-corrected chi connectivity index (χ2v) is 4.00. The van der Waals surface area contributed by atoms with Crippen molar-refractivity contribution in [3.63, 3.8) is 0 Å². The van der Waals surface area contributed by atoms with Gasteiger partial charge < -0.3 is 4.74 Å². The maximum Gasteiger partial charge on any atom is 0.184 e. The van der Waals surface area contributed by atoms with E-state index in [-0.39, 0.29) is 12.3 Å². The third-order valence-electron chi connectivity index (χ3n) is 2.51. The van der Waals surface area contributed by atoms with E-state index >= 15 is 0 Å². The number of nitrogens with zero attached hydrogens (tertiary/aromatic N) is 2. The lowest BCUT2D eigenvalue weighted by molar-refractivity contribution is 0.0967. The Morgan fingerprint density at radius 3 is 2.72 bits per heavy atom. The first-order chi connectivity index (χ1) is 8.79. The average Bonchev–Trinajstić information content (AvgIpc) is 2.89. The molecular formula is C14H16N2O2. The molecule has 0 amide bonds. The molecule has 0 aliphatic carbocycles. The summed E-state index contributed by atoms with van der Waals surface area (Å²) in [6.07, 6.45) is 4.41. The molecule has 0 aliphatic rings. The Morgan fingerprint density at radius 1 is 1.33 bits per heavy atom. The molecule has 0 aliphatic heterocycles. The minimum absolute atomic E-state index is 0.0424. The second kappa shape index (κ2) is 6.00. The maximum atomic E-state index is 11.9. The first-order valence-electron chi connectivity index (χ1n) is 6.03. The third-order valence-corrected chi connectivity index (χ3v) is 2.51. The summed E-state index contributed by atoms with van der Waals surface area (Å²) in [6, 6.07) is 9.03. The number of hydrogen-bond acceptors (Lipinski definition) is 3. The summed E-state index contributed by atoms with van der Waals surface area (Å²) in [6.45, 7) is 3.02. The molecule has 0 bridgehead atoms. The quantitative estimate of drug-likeness (QED) is 0.733. The third kappa shape index (κ3) is 3.20. The molecule has 4 nitrogen and oxygen atoms in total. The molecule has 1 aromatic heterocycles. The van der Waals surface area contributed by atoms with E-state index in [1.54, 1.807) is 35.3 Å². The van der Waals surface area contributed by atoms with Gasteiger partial charge in [0.2, 0.25) is 0 Å². The highest BCUT2D eigenvalue weighted by Crippen LogP contribution is 2.13. The lowest BCUT2D eigenvalue weighted by Gasteiger charge is -2.05. The molecular weight excluding hydrogens is 228 g/mol. The van der Waals surface area contributed by atoms with Crippen LogP contribution in [0.4, 0.5) is 0 Å². The first kappa shape index (κ1) is 12.4. The standard InChI is InChI=1S/C14H16N2O2/c1-2-10-18-13-6-4-12(5-7-13)14(17)11-16-9-3-8-15-16/h3-9H,2,10-11H2,1H3. The number of Topliss-reactive ketones (excluding diaryl/α,β-unsaturated/α-hetero) is 1. The van der Waals surface area contributed by atoms with Crippen LogP contribution >= 0.6 is 0 Å². The number of rotatable bonds is 6. The largest absolute Gasteiger partial charge is 0.494 e. The number of aromatic nitrogens is 2. The monoisotopic (exact) mass is 244 g/mol. The zero-order valence-corrected chi connectivity index (χ0v) is 10.4. The number of ketones is 1. The van der Waals surface area contributed by atoms with Crippen LogP contribution in [0.1, 0.15) is 23.7 Å². The highest BCUT2D eigenvalue weighted by Gasteiger charge is 2.06. The molecule has 0 atom stereocenters. The van der Waals surface area contributed by atoms with Crippen molar-refractivity contribution in [2.75, 3.05) is 6.61 Å². The van der Waals surface area contributed by atoms with Gasteiger partial charge in [0, 0.05) is 18.0 Å². The molecule has 94 valence electrons. The zero-order chi connectivity index (χ0) is 12.8. The Kier molecular flexibility index (Phi) is 4.12. The highest BCUT2D eigenvalue weighted by atomic mass is 16.5. The first-order valence-corrected chi connectivity index (χ1v) is 6.03. The Balaban J connectivity index is 1.98. The Labute approximate surface area is 106 Å². The van der Waals surface area contributed by atoms with E-state index in [0.717, 1.165) is 12.2 Å². The van der Waals surface area contributed by atoms with Crippen molar-refractivity contribution in [1.29, 1.82) is 0 Å². The number of carbonyl (C=O) groups excluding carboxylic acids is 1. The van der Waals surface area contributed by atoms with Gasteiger partial charge in [0.1, 0.15) is 12.3 Å². The van der Waals surface area contributed by atoms with E-state index < -0.39 is 0 Å². The normalized spacial score (nSPS) is 10.3. The number of hydrogen-bond donors (Lipinski definition) is 0. The van der Waals surface area contributed by atoms with Crippen LogP contribution in [-0.2, 0) is 6.54 Å². The average molecular weight is 244 g/mol. The zero-order valence-electron chi connectivity index (χ0n) is 10.4. The van der Waals surface area contributed by atoms with Crippen molar-refractivity contribution < 1.29 is 9.53 Å². The SMILES string of the molecule is CCCOc1ccc(C(=O)Cn2cccn2)cc1. The van der Waals surface area contributed by atoms with Crippen molar-refractivity contribution >= 4 is 5.78 Å². The smallest absolute Gasteiger partial charge is 0.184 e. The van der Waals surface area contributed by atoms with Crippen molar-refractivity contribution in [2.24, 2.45) is 0 Å². The molecule has 4 heteroatoms. The number of carbonyl (C=O) groups is 1.